The molecule has 0 fully saturated rings. The van der Waals surface area contributed by atoms with E-state index >= 15 is 0 Å². The van der Waals surface area contributed by atoms with Gasteiger partial charge in [0.1, 0.15) is 12.3 Å². The Balaban J connectivity index is 1.57. The van der Waals surface area contributed by atoms with E-state index in [0.29, 0.717) is 25.2 Å². The van der Waals surface area contributed by atoms with Crippen molar-refractivity contribution in [3.05, 3.63) is 124 Å². The van der Waals surface area contributed by atoms with E-state index in [0.717, 1.165) is 27.0 Å². The van der Waals surface area contributed by atoms with Gasteiger partial charge in [-0.25, -0.2) is 0 Å². The van der Waals surface area contributed by atoms with Crippen LogP contribution in [0.5, 0.6) is 5.75 Å². The predicted molar refractivity (Wildman–Crippen MR) is 158 cm³/mol. The number of halogens is 1. The molecule has 6 nitrogen and oxygen atoms in total. The molecule has 3 aromatic carbocycles. The van der Waals surface area contributed by atoms with Crippen LogP contribution in [0.4, 0.5) is 0 Å². The number of nitrogens with zero attached hydrogens (tertiary/aromatic N) is 3. The molecule has 0 aliphatic heterocycles. The minimum absolute atomic E-state index is 0.00750. The minimum atomic E-state index is -0.166. The third-order valence-corrected chi connectivity index (χ3v) is 7.09. The zero-order valence-electron chi connectivity index (χ0n) is 22.6. The fraction of sp³-hybridized carbons (Fsp3) is 0.250. The number of rotatable bonds is 11. The fourth-order valence-corrected chi connectivity index (χ4v) is 4.87. The molecule has 1 heterocycles. The van der Waals surface area contributed by atoms with E-state index in [4.69, 9.17) is 4.74 Å². The summed E-state index contributed by atoms with van der Waals surface area (Å²) in [6.07, 6.45) is 2.02. The third-order valence-electron chi connectivity index (χ3n) is 6.59. The van der Waals surface area contributed by atoms with Gasteiger partial charge >= 0.3 is 0 Å². The summed E-state index contributed by atoms with van der Waals surface area (Å²) in [7, 11) is 1.66. The average molecular weight is 589 g/mol. The maximum absolute atomic E-state index is 13.8. The number of methoxy groups -OCH3 is 1. The molecule has 0 aliphatic carbocycles. The van der Waals surface area contributed by atoms with E-state index in [9.17, 15) is 9.59 Å². The first-order chi connectivity index (χ1) is 18.8. The molecule has 0 spiro atoms. The zero-order chi connectivity index (χ0) is 27.8. The van der Waals surface area contributed by atoms with Crippen molar-refractivity contribution in [2.75, 3.05) is 13.7 Å². The van der Waals surface area contributed by atoms with Crippen molar-refractivity contribution in [3.8, 4) is 5.75 Å². The highest BCUT2D eigenvalue weighted by molar-refractivity contribution is 9.10. The van der Waals surface area contributed by atoms with Crippen molar-refractivity contribution < 1.29 is 14.3 Å². The minimum Gasteiger partial charge on any atom is -0.497 e. The second kappa shape index (κ2) is 13.3. The molecular weight excluding hydrogens is 554 g/mol. The van der Waals surface area contributed by atoms with Crippen molar-refractivity contribution in [1.29, 1.82) is 0 Å². The molecule has 202 valence electrons. The lowest BCUT2D eigenvalue weighted by molar-refractivity contribution is -0.133. The van der Waals surface area contributed by atoms with Gasteiger partial charge in [0.15, 0.2) is 0 Å². The number of benzene rings is 3. The summed E-state index contributed by atoms with van der Waals surface area (Å²) in [4.78, 5) is 30.7. The lowest BCUT2D eigenvalue weighted by Crippen LogP contribution is -2.45. The van der Waals surface area contributed by atoms with Gasteiger partial charge in [-0.3, -0.25) is 9.59 Å². The Kier molecular flexibility index (Phi) is 9.60. The Bertz CT molecular complexity index is 1400. The van der Waals surface area contributed by atoms with Crippen LogP contribution in [0.25, 0.3) is 0 Å². The number of amides is 2. The molecule has 0 atom stereocenters. The first-order valence-corrected chi connectivity index (χ1v) is 13.8. The average Bonchev–Trinajstić information content (AvgIpc) is 3.37. The smallest absolute Gasteiger partial charge is 0.254 e. The molecule has 0 saturated carbocycles. The molecule has 4 aromatic rings. The van der Waals surface area contributed by atoms with Gasteiger partial charge in [0, 0.05) is 41.1 Å². The normalized spacial score (nSPS) is 10.9. The molecule has 4 rings (SSSR count). The molecule has 0 bridgehead atoms. The third kappa shape index (κ3) is 7.60. The maximum Gasteiger partial charge on any atom is 0.254 e. The molecule has 1 aromatic heterocycles. The van der Waals surface area contributed by atoms with Crippen molar-refractivity contribution >= 4 is 27.7 Å². The zero-order valence-corrected chi connectivity index (χ0v) is 24.2. The van der Waals surface area contributed by atoms with Crippen LogP contribution in [0.3, 0.4) is 0 Å². The van der Waals surface area contributed by atoms with E-state index in [2.05, 4.69) is 26.6 Å². The maximum atomic E-state index is 13.8. The van der Waals surface area contributed by atoms with Gasteiger partial charge < -0.3 is 19.1 Å². The lowest BCUT2D eigenvalue weighted by atomic mass is 10.1. The van der Waals surface area contributed by atoms with E-state index in [1.807, 2.05) is 97.7 Å². The number of hydrogen-bond donors (Lipinski definition) is 0. The van der Waals surface area contributed by atoms with Gasteiger partial charge in [0.2, 0.25) is 5.91 Å². The van der Waals surface area contributed by atoms with Gasteiger partial charge in [0.05, 0.1) is 13.7 Å². The van der Waals surface area contributed by atoms with Gasteiger partial charge in [0.25, 0.3) is 5.91 Å². The molecule has 7 heteroatoms. The number of carbonyl (C=O) groups excluding carboxylic acids is 2. The Morgan fingerprint density at radius 1 is 0.872 bits per heavy atom. The largest absolute Gasteiger partial charge is 0.497 e. The first kappa shape index (κ1) is 28.2. The van der Waals surface area contributed by atoms with E-state index in [-0.39, 0.29) is 24.4 Å². The highest BCUT2D eigenvalue weighted by Crippen LogP contribution is 2.19. The van der Waals surface area contributed by atoms with Gasteiger partial charge in [-0.2, -0.15) is 0 Å². The van der Waals surface area contributed by atoms with E-state index in [1.54, 1.807) is 24.1 Å². The van der Waals surface area contributed by atoms with Crippen molar-refractivity contribution in [2.45, 2.75) is 39.5 Å². The Labute approximate surface area is 238 Å². The Morgan fingerprint density at radius 3 is 2.33 bits per heavy atom. The second-order valence-corrected chi connectivity index (χ2v) is 10.7. The van der Waals surface area contributed by atoms with Crippen LogP contribution in [0, 0.1) is 0 Å². The van der Waals surface area contributed by atoms with Crippen LogP contribution in [-0.2, 0) is 24.4 Å². The topological polar surface area (TPSA) is 54.8 Å². The SMILES string of the molecule is COc1cccc(Cn2cccc2CN(Cc2ccccc2)C(=O)CN(C(=O)c2cccc(Br)c2)C(C)C)c1. The molecule has 39 heavy (non-hydrogen) atoms. The lowest BCUT2D eigenvalue weighted by Gasteiger charge is -2.30. The monoisotopic (exact) mass is 587 g/mol. The standard InChI is InChI=1S/C32H34BrN3O3/c1-24(2)36(32(38)27-13-8-14-28(33)19-27)23-31(37)35(20-25-10-5-4-6-11-25)22-29-15-9-17-34(29)21-26-12-7-16-30(18-26)39-3/h4-19,24H,20-23H2,1-3H3. The van der Waals surface area contributed by atoms with Crippen LogP contribution >= 0.6 is 15.9 Å². The summed E-state index contributed by atoms with van der Waals surface area (Å²) in [6.45, 7) is 5.38. The van der Waals surface area contributed by atoms with E-state index in [1.165, 1.54) is 0 Å². The molecule has 0 radical (unpaired) electrons. The van der Waals surface area contributed by atoms with Crippen LogP contribution in [0.1, 0.15) is 41.0 Å². The van der Waals surface area contributed by atoms with Gasteiger partial charge in [-0.05, 0) is 67.4 Å². The van der Waals surface area contributed by atoms with Crippen LogP contribution < -0.4 is 4.74 Å². The van der Waals surface area contributed by atoms with Crippen molar-refractivity contribution in [3.63, 3.8) is 0 Å². The number of aromatic nitrogens is 1. The van der Waals surface area contributed by atoms with Gasteiger partial charge in [-0.15, -0.1) is 0 Å². The molecule has 0 aliphatic rings. The number of carbonyl (C=O) groups is 2. The summed E-state index contributed by atoms with van der Waals surface area (Å²) in [5, 5.41) is 0. The highest BCUT2D eigenvalue weighted by atomic mass is 79.9. The second-order valence-electron chi connectivity index (χ2n) is 9.75. The fourth-order valence-electron chi connectivity index (χ4n) is 4.47. The number of ether oxygens (including phenoxy) is 1. The van der Waals surface area contributed by atoms with Crippen LogP contribution in [-0.4, -0.2) is 45.9 Å². The van der Waals surface area contributed by atoms with Crippen molar-refractivity contribution in [2.24, 2.45) is 0 Å². The van der Waals surface area contributed by atoms with E-state index < -0.39 is 0 Å². The molecular formula is C32H34BrN3O3. The highest BCUT2D eigenvalue weighted by Gasteiger charge is 2.25. The van der Waals surface area contributed by atoms with Crippen LogP contribution in [0.2, 0.25) is 0 Å². The first-order valence-electron chi connectivity index (χ1n) is 13.0. The Morgan fingerprint density at radius 2 is 1.62 bits per heavy atom. The summed E-state index contributed by atoms with van der Waals surface area (Å²) in [5.41, 5.74) is 3.70. The summed E-state index contributed by atoms with van der Waals surface area (Å²) in [6, 6.07) is 29.1. The summed E-state index contributed by atoms with van der Waals surface area (Å²) >= 11 is 3.44. The molecule has 0 unspecified atom stereocenters. The van der Waals surface area contributed by atoms with Crippen molar-refractivity contribution in [1.82, 2.24) is 14.4 Å². The summed E-state index contributed by atoms with van der Waals surface area (Å²) in [5.74, 6) is 0.539. The quantitative estimate of drug-likeness (QED) is 0.204. The Hall–Kier alpha value is -3.84. The molecule has 0 N–H and O–H groups in total. The summed E-state index contributed by atoms with van der Waals surface area (Å²) < 4.78 is 8.35. The predicted octanol–water partition coefficient (Wildman–Crippen LogP) is 6.39. The number of hydrogen-bond acceptors (Lipinski definition) is 3. The van der Waals surface area contributed by atoms with Crippen LogP contribution in [0.15, 0.2) is 102 Å². The van der Waals surface area contributed by atoms with Gasteiger partial charge in [-0.1, -0.05) is 64.5 Å². The molecule has 0 saturated heterocycles. The molecule has 2 amide bonds.